The van der Waals surface area contributed by atoms with Gasteiger partial charge < -0.3 is 4.74 Å². The third-order valence-corrected chi connectivity index (χ3v) is 12.4. The zero-order valence-electron chi connectivity index (χ0n) is 26.7. The van der Waals surface area contributed by atoms with Crippen molar-refractivity contribution in [3.8, 4) is 0 Å². The number of rotatable bonds is 14. The van der Waals surface area contributed by atoms with Crippen LogP contribution < -0.4 is 0 Å². The molecule has 2 saturated carbocycles. The summed E-state index contributed by atoms with van der Waals surface area (Å²) in [7, 11) is 0. The van der Waals surface area contributed by atoms with E-state index in [0.29, 0.717) is 0 Å². The van der Waals surface area contributed by atoms with Gasteiger partial charge in [0.15, 0.2) is 0 Å². The monoisotopic (exact) mass is 539 g/mol. The Morgan fingerprint density at radius 2 is 0.923 bits per heavy atom. The van der Waals surface area contributed by atoms with Crippen LogP contribution >= 0.6 is 0 Å². The molecule has 0 radical (unpaired) electrons. The molecule has 0 bridgehead atoms. The van der Waals surface area contributed by atoms with Crippen molar-refractivity contribution in [3.05, 3.63) is 23.3 Å². The molecule has 2 fully saturated rings. The lowest BCUT2D eigenvalue weighted by atomic mass is 9.70. The van der Waals surface area contributed by atoms with E-state index in [1.807, 2.05) is 0 Å². The number of allylic oxidation sites excluding steroid dienone is 2. The molecule has 0 aromatic carbocycles. The second kappa shape index (κ2) is 16.8. The maximum Gasteiger partial charge on any atom is 0.0681 e. The summed E-state index contributed by atoms with van der Waals surface area (Å²) in [6, 6.07) is 0. The predicted octanol–water partition coefficient (Wildman–Crippen LogP) is 11.7. The van der Waals surface area contributed by atoms with Crippen LogP contribution in [0.4, 0.5) is 0 Å². The van der Waals surface area contributed by atoms with E-state index in [2.05, 4.69) is 39.8 Å². The summed E-state index contributed by atoms with van der Waals surface area (Å²) in [6.45, 7) is 11.3. The van der Waals surface area contributed by atoms with Crippen LogP contribution in [0.1, 0.15) is 156 Å². The molecule has 0 aromatic rings. The van der Waals surface area contributed by atoms with Crippen molar-refractivity contribution in [1.82, 2.24) is 0 Å². The van der Waals surface area contributed by atoms with E-state index >= 15 is 0 Å². The standard InChI is InChI=1S/C38H66O/c1-5-29(6-2)25-31-9-17-35(18-10-31)37-21-13-33(14-22-37)27-39-28-34-15-23-38(24-16-34)36-19-11-32(12-20-36)26-30(7-3)8-4/h13,15,29-32,35-38H,5-12,14,16-28H2,1-4H3. The molecule has 2 atom stereocenters. The Labute approximate surface area is 244 Å². The molecule has 0 heterocycles. The lowest BCUT2D eigenvalue weighted by Gasteiger charge is -2.36. The van der Waals surface area contributed by atoms with Crippen LogP contribution in [0.2, 0.25) is 0 Å². The number of ether oxygens (including phenoxy) is 1. The Kier molecular flexibility index (Phi) is 13.5. The molecule has 0 saturated heterocycles. The Hall–Kier alpha value is -0.560. The zero-order valence-corrected chi connectivity index (χ0v) is 26.7. The molecule has 4 rings (SSSR count). The topological polar surface area (TPSA) is 9.23 Å². The molecule has 0 N–H and O–H groups in total. The van der Waals surface area contributed by atoms with Crippen molar-refractivity contribution >= 4 is 0 Å². The average Bonchev–Trinajstić information content (AvgIpc) is 3.00. The molecule has 0 amide bonds. The van der Waals surface area contributed by atoms with E-state index in [9.17, 15) is 0 Å². The highest BCUT2D eigenvalue weighted by Gasteiger charge is 2.31. The lowest BCUT2D eigenvalue weighted by Crippen LogP contribution is -2.25. The van der Waals surface area contributed by atoms with Crippen molar-refractivity contribution < 1.29 is 4.74 Å². The van der Waals surface area contributed by atoms with E-state index < -0.39 is 0 Å². The maximum atomic E-state index is 6.28. The van der Waals surface area contributed by atoms with Crippen molar-refractivity contribution in [2.45, 2.75) is 156 Å². The van der Waals surface area contributed by atoms with Crippen LogP contribution in [0, 0.1) is 47.3 Å². The Morgan fingerprint density at radius 1 is 0.538 bits per heavy atom. The highest BCUT2D eigenvalue weighted by molar-refractivity contribution is 5.10. The van der Waals surface area contributed by atoms with Gasteiger partial charge in [-0.2, -0.15) is 0 Å². The lowest BCUT2D eigenvalue weighted by molar-refractivity contribution is 0.150. The third-order valence-electron chi connectivity index (χ3n) is 12.4. The molecule has 224 valence electrons. The summed E-state index contributed by atoms with van der Waals surface area (Å²) in [5.74, 6) is 7.92. The van der Waals surface area contributed by atoms with E-state index in [1.54, 1.807) is 11.1 Å². The van der Waals surface area contributed by atoms with E-state index in [0.717, 1.165) is 60.6 Å². The van der Waals surface area contributed by atoms with Gasteiger partial charge in [0, 0.05) is 0 Å². The molecule has 1 heteroatoms. The van der Waals surface area contributed by atoms with Crippen molar-refractivity contribution in [2.24, 2.45) is 47.3 Å². The van der Waals surface area contributed by atoms with Crippen LogP contribution in [-0.4, -0.2) is 13.2 Å². The van der Waals surface area contributed by atoms with Gasteiger partial charge in [0.2, 0.25) is 0 Å². The number of hydrogen-bond acceptors (Lipinski definition) is 1. The Morgan fingerprint density at radius 3 is 1.23 bits per heavy atom. The van der Waals surface area contributed by atoms with E-state index in [-0.39, 0.29) is 0 Å². The van der Waals surface area contributed by atoms with Gasteiger partial charge in [-0.1, -0.05) is 91.2 Å². The summed E-state index contributed by atoms with van der Waals surface area (Å²) in [4.78, 5) is 0. The summed E-state index contributed by atoms with van der Waals surface area (Å²) < 4.78 is 6.28. The fraction of sp³-hybridized carbons (Fsp3) is 0.895. The molecule has 0 aromatic heterocycles. The van der Waals surface area contributed by atoms with Crippen molar-refractivity contribution in [1.29, 1.82) is 0 Å². The maximum absolute atomic E-state index is 6.28. The first kappa shape index (κ1) is 31.4. The van der Waals surface area contributed by atoms with Crippen LogP contribution in [0.25, 0.3) is 0 Å². The van der Waals surface area contributed by atoms with Gasteiger partial charge in [-0.25, -0.2) is 0 Å². The minimum absolute atomic E-state index is 0.885. The quantitative estimate of drug-likeness (QED) is 0.200. The molecular formula is C38H66O. The van der Waals surface area contributed by atoms with Gasteiger partial charge in [-0.3, -0.25) is 0 Å². The SMILES string of the molecule is CCC(CC)CC1CCC(C2CC=C(COCC3=CCC(C4CCC(CC(CC)CC)CC4)CC3)CC2)CC1. The van der Waals surface area contributed by atoms with E-state index in [1.165, 1.54) is 128 Å². The second-order valence-electron chi connectivity index (χ2n) is 14.7. The summed E-state index contributed by atoms with van der Waals surface area (Å²) in [5, 5.41) is 0. The average molecular weight is 539 g/mol. The second-order valence-corrected chi connectivity index (χ2v) is 14.7. The highest BCUT2D eigenvalue weighted by atomic mass is 16.5. The molecule has 2 unspecified atom stereocenters. The number of hydrogen-bond donors (Lipinski definition) is 0. The van der Waals surface area contributed by atoms with Gasteiger partial charge in [-0.05, 0) is 136 Å². The Bertz CT molecular complexity index is 662. The molecule has 0 aliphatic heterocycles. The highest BCUT2D eigenvalue weighted by Crippen LogP contribution is 2.43. The van der Waals surface area contributed by atoms with Crippen molar-refractivity contribution in [3.63, 3.8) is 0 Å². The summed E-state index contributed by atoms with van der Waals surface area (Å²) >= 11 is 0. The first-order valence-corrected chi connectivity index (χ1v) is 18.0. The minimum atomic E-state index is 0.885. The molecule has 4 aliphatic carbocycles. The zero-order chi connectivity index (χ0) is 27.5. The molecular weight excluding hydrogens is 472 g/mol. The summed E-state index contributed by atoms with van der Waals surface area (Å²) in [6.07, 6.45) is 33.8. The van der Waals surface area contributed by atoms with Crippen molar-refractivity contribution in [2.75, 3.05) is 13.2 Å². The van der Waals surface area contributed by atoms with Gasteiger partial charge in [-0.15, -0.1) is 0 Å². The fourth-order valence-corrected chi connectivity index (χ4v) is 9.23. The van der Waals surface area contributed by atoms with Crippen LogP contribution in [0.3, 0.4) is 0 Å². The fourth-order valence-electron chi connectivity index (χ4n) is 9.23. The van der Waals surface area contributed by atoms with Crippen LogP contribution in [0.15, 0.2) is 23.3 Å². The first-order valence-electron chi connectivity index (χ1n) is 18.0. The normalized spacial score (nSPS) is 32.4. The third kappa shape index (κ3) is 9.75. The molecule has 1 nitrogen and oxygen atoms in total. The largest absolute Gasteiger partial charge is 0.373 e. The van der Waals surface area contributed by atoms with Gasteiger partial charge >= 0.3 is 0 Å². The van der Waals surface area contributed by atoms with Gasteiger partial charge in [0.1, 0.15) is 0 Å². The van der Waals surface area contributed by atoms with Crippen LogP contribution in [0.5, 0.6) is 0 Å². The Balaban J connectivity index is 1.08. The molecule has 39 heavy (non-hydrogen) atoms. The molecule has 0 spiro atoms. The van der Waals surface area contributed by atoms with Crippen LogP contribution in [-0.2, 0) is 4.74 Å². The predicted molar refractivity (Wildman–Crippen MR) is 170 cm³/mol. The van der Waals surface area contributed by atoms with Gasteiger partial charge in [0.05, 0.1) is 13.2 Å². The smallest absolute Gasteiger partial charge is 0.0681 e. The first-order chi connectivity index (χ1) is 19.1. The summed E-state index contributed by atoms with van der Waals surface area (Å²) in [5.41, 5.74) is 3.18. The molecule has 4 aliphatic rings. The van der Waals surface area contributed by atoms with E-state index in [4.69, 9.17) is 4.74 Å². The minimum Gasteiger partial charge on any atom is -0.373 e. The van der Waals surface area contributed by atoms with Gasteiger partial charge in [0.25, 0.3) is 0 Å².